The van der Waals surface area contributed by atoms with E-state index in [9.17, 15) is 4.79 Å². The second kappa shape index (κ2) is 3.93. The number of nitrogens with one attached hydrogen (secondary N) is 1. The lowest BCUT2D eigenvalue weighted by Gasteiger charge is -2.13. The standard InChI is InChI=1S/C8H12N2O/c9-5-7-2-1-3-8(4-7)10-6-11/h1,3-4,6-7H,2,5,9H2,(H,10,11). The van der Waals surface area contributed by atoms with Crippen molar-refractivity contribution >= 4 is 6.41 Å². The lowest BCUT2D eigenvalue weighted by Crippen LogP contribution is -2.18. The van der Waals surface area contributed by atoms with Gasteiger partial charge in [-0.15, -0.1) is 0 Å². The summed E-state index contributed by atoms with van der Waals surface area (Å²) in [4.78, 5) is 10.1. The zero-order valence-corrected chi connectivity index (χ0v) is 6.29. The number of allylic oxidation sites excluding steroid dienone is 2. The van der Waals surface area contributed by atoms with E-state index < -0.39 is 0 Å². The number of hydrogen-bond donors (Lipinski definition) is 2. The normalized spacial score (nSPS) is 22.6. The summed E-state index contributed by atoms with van der Waals surface area (Å²) in [5, 5.41) is 2.59. The molecule has 1 aliphatic carbocycles. The summed E-state index contributed by atoms with van der Waals surface area (Å²) in [7, 11) is 0. The summed E-state index contributed by atoms with van der Waals surface area (Å²) in [5.74, 6) is 0.377. The van der Waals surface area contributed by atoms with Crippen LogP contribution in [0.2, 0.25) is 0 Å². The molecule has 0 aliphatic heterocycles. The Morgan fingerprint density at radius 2 is 2.64 bits per heavy atom. The molecule has 0 heterocycles. The first-order valence-electron chi connectivity index (χ1n) is 3.65. The van der Waals surface area contributed by atoms with E-state index in [1.165, 1.54) is 0 Å². The van der Waals surface area contributed by atoms with Gasteiger partial charge in [0.1, 0.15) is 0 Å². The van der Waals surface area contributed by atoms with Crippen LogP contribution in [0.15, 0.2) is 23.9 Å². The fourth-order valence-electron chi connectivity index (χ4n) is 1.08. The van der Waals surface area contributed by atoms with Gasteiger partial charge in [0.2, 0.25) is 6.41 Å². The first-order valence-corrected chi connectivity index (χ1v) is 3.65. The zero-order valence-electron chi connectivity index (χ0n) is 6.29. The van der Waals surface area contributed by atoms with Gasteiger partial charge in [-0.05, 0) is 25.0 Å². The molecule has 0 saturated heterocycles. The third kappa shape index (κ3) is 2.20. The fraction of sp³-hybridized carbons (Fsp3) is 0.375. The lowest BCUT2D eigenvalue weighted by molar-refractivity contribution is -0.108. The Bertz CT molecular complexity index is 196. The molecular formula is C8H12N2O. The van der Waals surface area contributed by atoms with Crippen LogP contribution in [0.5, 0.6) is 0 Å². The Kier molecular flexibility index (Phi) is 2.86. The number of carbonyl (C=O) groups is 1. The van der Waals surface area contributed by atoms with Gasteiger partial charge in [0.15, 0.2) is 0 Å². The number of amides is 1. The molecular weight excluding hydrogens is 140 g/mol. The SMILES string of the molecule is NCC1C=C(NC=O)C=CC1. The molecule has 60 valence electrons. The van der Waals surface area contributed by atoms with E-state index in [2.05, 4.69) is 5.32 Å². The van der Waals surface area contributed by atoms with Gasteiger partial charge in [-0.25, -0.2) is 0 Å². The van der Waals surface area contributed by atoms with E-state index in [1.54, 1.807) is 0 Å². The molecule has 1 rings (SSSR count). The molecule has 1 amide bonds. The van der Waals surface area contributed by atoms with E-state index in [0.29, 0.717) is 18.9 Å². The van der Waals surface area contributed by atoms with Crippen LogP contribution in [-0.2, 0) is 4.79 Å². The first kappa shape index (κ1) is 8.01. The minimum absolute atomic E-state index is 0.377. The number of nitrogens with two attached hydrogens (primary N) is 1. The Morgan fingerprint density at radius 1 is 1.82 bits per heavy atom. The maximum Gasteiger partial charge on any atom is 0.211 e. The molecule has 3 nitrogen and oxygen atoms in total. The highest BCUT2D eigenvalue weighted by atomic mass is 16.1. The smallest absolute Gasteiger partial charge is 0.211 e. The van der Waals surface area contributed by atoms with E-state index in [-0.39, 0.29) is 0 Å². The molecule has 0 spiro atoms. The molecule has 0 bridgehead atoms. The van der Waals surface area contributed by atoms with Crippen LogP contribution in [0, 0.1) is 5.92 Å². The largest absolute Gasteiger partial charge is 0.330 e. The summed E-state index contributed by atoms with van der Waals surface area (Å²) < 4.78 is 0. The molecule has 3 heteroatoms. The maximum atomic E-state index is 10.1. The first-order chi connectivity index (χ1) is 5.36. The van der Waals surface area contributed by atoms with Crippen LogP contribution < -0.4 is 11.1 Å². The number of hydrogen-bond acceptors (Lipinski definition) is 2. The molecule has 1 atom stereocenters. The van der Waals surface area contributed by atoms with Crippen molar-refractivity contribution in [3.8, 4) is 0 Å². The molecule has 0 saturated carbocycles. The van der Waals surface area contributed by atoms with Gasteiger partial charge in [-0.3, -0.25) is 4.79 Å². The summed E-state index contributed by atoms with van der Waals surface area (Å²) >= 11 is 0. The average Bonchev–Trinajstić information content (AvgIpc) is 2.06. The fourth-order valence-corrected chi connectivity index (χ4v) is 1.08. The van der Waals surface area contributed by atoms with Crippen molar-refractivity contribution in [3.05, 3.63) is 23.9 Å². The van der Waals surface area contributed by atoms with Gasteiger partial charge in [-0.2, -0.15) is 0 Å². The molecule has 0 fully saturated rings. The Labute approximate surface area is 66.0 Å². The minimum atomic E-state index is 0.377. The van der Waals surface area contributed by atoms with Crippen molar-refractivity contribution in [1.29, 1.82) is 0 Å². The average molecular weight is 152 g/mol. The monoisotopic (exact) mass is 152 g/mol. The number of carbonyl (C=O) groups excluding carboxylic acids is 1. The van der Waals surface area contributed by atoms with Gasteiger partial charge < -0.3 is 11.1 Å². The van der Waals surface area contributed by atoms with Crippen LogP contribution in [-0.4, -0.2) is 13.0 Å². The molecule has 0 radical (unpaired) electrons. The highest BCUT2D eigenvalue weighted by Gasteiger charge is 2.05. The predicted molar refractivity (Wildman–Crippen MR) is 43.6 cm³/mol. The van der Waals surface area contributed by atoms with Crippen molar-refractivity contribution in [1.82, 2.24) is 5.32 Å². The number of rotatable bonds is 3. The quantitative estimate of drug-likeness (QED) is 0.566. The molecule has 11 heavy (non-hydrogen) atoms. The van der Waals surface area contributed by atoms with E-state index >= 15 is 0 Å². The van der Waals surface area contributed by atoms with Crippen molar-refractivity contribution < 1.29 is 4.79 Å². The summed E-state index contributed by atoms with van der Waals surface area (Å²) in [6.07, 6.45) is 7.54. The highest BCUT2D eigenvalue weighted by molar-refractivity contribution is 5.52. The van der Waals surface area contributed by atoms with E-state index in [4.69, 9.17) is 5.73 Å². The van der Waals surface area contributed by atoms with Gasteiger partial charge in [0, 0.05) is 5.70 Å². The summed E-state index contributed by atoms with van der Waals surface area (Å²) in [6, 6.07) is 0. The van der Waals surface area contributed by atoms with E-state index in [1.807, 2.05) is 18.2 Å². The molecule has 0 aromatic rings. The van der Waals surface area contributed by atoms with Crippen LogP contribution in [0.4, 0.5) is 0 Å². The molecule has 0 aromatic heterocycles. The molecule has 1 aliphatic rings. The minimum Gasteiger partial charge on any atom is -0.330 e. The zero-order chi connectivity index (χ0) is 8.10. The summed E-state index contributed by atoms with van der Waals surface area (Å²) in [5.41, 5.74) is 6.32. The van der Waals surface area contributed by atoms with Crippen molar-refractivity contribution in [2.75, 3.05) is 6.54 Å². The lowest BCUT2D eigenvalue weighted by atomic mass is 10.00. The predicted octanol–water partition coefficient (Wildman–Crippen LogP) is 0.151. The van der Waals surface area contributed by atoms with Crippen LogP contribution in [0.25, 0.3) is 0 Å². The maximum absolute atomic E-state index is 10.1. The van der Waals surface area contributed by atoms with Gasteiger partial charge in [0.05, 0.1) is 0 Å². The molecule has 3 N–H and O–H groups in total. The second-order valence-corrected chi connectivity index (χ2v) is 2.52. The van der Waals surface area contributed by atoms with Gasteiger partial charge in [-0.1, -0.05) is 12.2 Å². The van der Waals surface area contributed by atoms with Crippen LogP contribution in [0.3, 0.4) is 0 Å². The van der Waals surface area contributed by atoms with E-state index in [0.717, 1.165) is 12.1 Å². The third-order valence-electron chi connectivity index (χ3n) is 1.68. The molecule has 0 aromatic carbocycles. The molecule has 1 unspecified atom stereocenters. The van der Waals surface area contributed by atoms with Crippen molar-refractivity contribution in [2.45, 2.75) is 6.42 Å². The third-order valence-corrected chi connectivity index (χ3v) is 1.68. The Hall–Kier alpha value is -1.09. The van der Waals surface area contributed by atoms with Crippen molar-refractivity contribution in [2.24, 2.45) is 11.7 Å². The Balaban J connectivity index is 2.55. The van der Waals surface area contributed by atoms with Crippen LogP contribution in [0.1, 0.15) is 6.42 Å². The van der Waals surface area contributed by atoms with Crippen LogP contribution >= 0.6 is 0 Å². The second-order valence-electron chi connectivity index (χ2n) is 2.52. The summed E-state index contributed by atoms with van der Waals surface area (Å²) in [6.45, 7) is 0.633. The highest BCUT2D eigenvalue weighted by Crippen LogP contribution is 2.12. The van der Waals surface area contributed by atoms with Gasteiger partial charge in [0.25, 0.3) is 0 Å². The van der Waals surface area contributed by atoms with Crippen molar-refractivity contribution in [3.63, 3.8) is 0 Å². The topological polar surface area (TPSA) is 55.1 Å². The van der Waals surface area contributed by atoms with Gasteiger partial charge >= 0.3 is 0 Å². The Morgan fingerprint density at radius 3 is 3.27 bits per heavy atom.